The van der Waals surface area contributed by atoms with Crippen molar-refractivity contribution < 1.29 is 14.9 Å². The Morgan fingerprint density at radius 1 is 0.735 bits per heavy atom. The number of nitrogens with zero attached hydrogens (tertiary/aromatic N) is 5. The van der Waals surface area contributed by atoms with Crippen LogP contribution < -0.4 is 30.5 Å². The number of rotatable bonds is 18. The molecule has 0 aromatic heterocycles. The van der Waals surface area contributed by atoms with E-state index in [1.54, 1.807) is 47.2 Å². The number of hydrogen-bond donors (Lipinski definition) is 4. The van der Waals surface area contributed by atoms with Crippen LogP contribution in [0.25, 0.3) is 0 Å². The van der Waals surface area contributed by atoms with Crippen LogP contribution in [-0.4, -0.2) is 77.6 Å². The summed E-state index contributed by atoms with van der Waals surface area (Å²) in [4.78, 5) is 31.1. The van der Waals surface area contributed by atoms with Crippen LogP contribution >= 0.6 is 11.0 Å². The number of nitrogens with two attached hydrogens (primary N) is 1. The van der Waals surface area contributed by atoms with E-state index in [-0.39, 0.29) is 11.8 Å². The molecule has 0 heterocycles. The van der Waals surface area contributed by atoms with Crippen molar-refractivity contribution in [2.75, 3.05) is 76.0 Å². The van der Waals surface area contributed by atoms with Crippen LogP contribution in [0.3, 0.4) is 0 Å². The molecule has 4 aromatic rings. The standard InChI is InChI=1S/C36H45N9O2S2/c1-43(2)33-19-15-30(16-20-33)39-25-38-29-11-7-27(8-12-29)35(46)37-23-6-24-48-49-40-26-45(5)36(47)28-9-13-31(14-10-28)41-42-32-17-21-34(22-18-32)44(3)4/h7-22,38-40H,6,23-26H2,1-5H3,(H,37,46)/p+2. The summed E-state index contributed by atoms with van der Waals surface area (Å²) in [7, 11) is 12.5. The number of anilines is 3. The van der Waals surface area contributed by atoms with Crippen LogP contribution in [0.5, 0.6) is 0 Å². The quantitative estimate of drug-likeness (QED) is 0.0162. The van der Waals surface area contributed by atoms with Gasteiger partial charge in [-0.15, -0.1) is 0 Å². The van der Waals surface area contributed by atoms with E-state index in [1.165, 1.54) is 5.69 Å². The first kappa shape index (κ1) is 37.3. The first-order chi connectivity index (χ1) is 23.7. The van der Waals surface area contributed by atoms with Crippen LogP contribution in [-0.2, 0) is 10.8 Å². The summed E-state index contributed by atoms with van der Waals surface area (Å²) in [5.74, 6) is 0.749. The Morgan fingerprint density at radius 3 is 1.88 bits per heavy atom. The second-order valence-corrected chi connectivity index (χ2v) is 14.2. The Morgan fingerprint density at radius 2 is 1.29 bits per heavy atom. The van der Waals surface area contributed by atoms with Crippen molar-refractivity contribution in [3.8, 4) is 0 Å². The van der Waals surface area contributed by atoms with Gasteiger partial charge in [-0.2, -0.15) is 10.2 Å². The Bertz CT molecular complexity index is 1630. The Hall–Kier alpha value is -4.56. The molecule has 258 valence electrons. The molecule has 5 N–H and O–H groups in total. The molecule has 0 aliphatic carbocycles. The monoisotopic (exact) mass is 701 g/mol. The van der Waals surface area contributed by atoms with Gasteiger partial charge in [-0.3, -0.25) is 14.9 Å². The van der Waals surface area contributed by atoms with Crippen LogP contribution in [0.15, 0.2) is 107 Å². The molecule has 0 spiro atoms. The number of amides is 2. The number of nitrogens with one attached hydrogen (secondary N) is 3. The topological polar surface area (TPSA) is 121 Å². The van der Waals surface area contributed by atoms with Crippen LogP contribution in [0.4, 0.5) is 34.1 Å². The van der Waals surface area contributed by atoms with Crippen LogP contribution in [0, 0.1) is 0 Å². The summed E-state index contributed by atoms with van der Waals surface area (Å²) < 4.78 is 3.23. The van der Waals surface area contributed by atoms with Gasteiger partial charge in [0, 0.05) is 88.5 Å². The van der Waals surface area contributed by atoms with Gasteiger partial charge < -0.3 is 25.3 Å². The number of benzene rings is 4. The Labute approximate surface area is 297 Å². The van der Waals surface area contributed by atoms with Crippen molar-refractivity contribution in [1.29, 1.82) is 0 Å². The molecule has 0 saturated carbocycles. The molecule has 0 bridgehead atoms. The lowest BCUT2D eigenvalue weighted by Gasteiger charge is -2.16. The molecule has 4 rings (SSSR count). The summed E-state index contributed by atoms with van der Waals surface area (Å²) in [6.45, 7) is 1.71. The van der Waals surface area contributed by atoms with Crippen molar-refractivity contribution in [1.82, 2.24) is 14.9 Å². The van der Waals surface area contributed by atoms with Gasteiger partial charge in [0.15, 0.2) is 17.6 Å². The molecule has 0 saturated heterocycles. The van der Waals surface area contributed by atoms with Gasteiger partial charge in [-0.05, 0) is 84.9 Å². The predicted octanol–water partition coefficient (Wildman–Crippen LogP) is 5.32. The minimum Gasteiger partial charge on any atom is -0.378 e. The highest BCUT2D eigenvalue weighted by Gasteiger charge is 2.13. The second-order valence-electron chi connectivity index (χ2n) is 11.7. The highest BCUT2D eigenvalue weighted by atomic mass is 33.1. The maximum Gasteiger partial charge on any atom is 0.254 e. The fourth-order valence-corrected chi connectivity index (χ4v) is 6.32. The Balaban J connectivity index is 1.05. The van der Waals surface area contributed by atoms with E-state index in [4.69, 9.17) is 0 Å². The molecule has 0 atom stereocenters. The van der Waals surface area contributed by atoms with Gasteiger partial charge in [-0.25, -0.2) is 4.72 Å². The summed E-state index contributed by atoms with van der Waals surface area (Å²) in [5.41, 5.74) is 7.06. The molecule has 0 aliphatic heterocycles. The van der Waals surface area contributed by atoms with Crippen molar-refractivity contribution in [3.63, 3.8) is 0 Å². The average molecular weight is 702 g/mol. The SMILES string of the molecule is CN(CNS[SH+]CCCNC(=O)c1ccc(NC[NH2+]c2ccc(N(C)C)cc2)cc1)C(=O)c1ccc(N=Nc2ccc(N(C)C)cc2)cc1. The number of thiol groups is 1. The summed E-state index contributed by atoms with van der Waals surface area (Å²) in [6.07, 6.45) is 0.854. The average Bonchev–Trinajstić information content (AvgIpc) is 3.12. The molecule has 0 aliphatic rings. The minimum absolute atomic E-state index is 0.0762. The largest absolute Gasteiger partial charge is 0.378 e. The molecule has 13 heteroatoms. The summed E-state index contributed by atoms with van der Waals surface area (Å²) >= 11 is 0. The zero-order chi connectivity index (χ0) is 35.0. The highest BCUT2D eigenvalue weighted by molar-refractivity contribution is 8.65. The lowest BCUT2D eigenvalue weighted by Crippen LogP contribution is -2.79. The number of carbonyl (C=O) groups is 2. The molecule has 0 unspecified atom stereocenters. The number of hydrogen-bond acceptors (Lipinski definition) is 9. The molecule has 0 fully saturated rings. The molecular formula is C36H47N9O2S2+2. The first-order valence-electron chi connectivity index (χ1n) is 16.0. The second kappa shape index (κ2) is 19.4. The summed E-state index contributed by atoms with van der Waals surface area (Å²) in [5, 5.41) is 17.1. The van der Waals surface area contributed by atoms with Gasteiger partial charge >= 0.3 is 0 Å². The summed E-state index contributed by atoms with van der Waals surface area (Å²) in [6, 6.07) is 30.9. The number of carbonyl (C=O) groups excluding carboxylic acids is 2. The van der Waals surface area contributed by atoms with Gasteiger partial charge in [0.05, 0.1) is 28.8 Å². The third-order valence-corrected chi connectivity index (χ3v) is 9.66. The van der Waals surface area contributed by atoms with Crippen LogP contribution in [0.1, 0.15) is 27.1 Å². The van der Waals surface area contributed by atoms with Gasteiger partial charge in [0.25, 0.3) is 11.8 Å². The van der Waals surface area contributed by atoms with Gasteiger partial charge in [0.2, 0.25) is 0 Å². The van der Waals surface area contributed by atoms with Gasteiger partial charge in [0.1, 0.15) is 11.4 Å². The van der Waals surface area contributed by atoms with E-state index in [9.17, 15) is 9.59 Å². The van der Waals surface area contributed by atoms with E-state index in [2.05, 4.69) is 60.1 Å². The molecule has 4 aromatic carbocycles. The molecule has 2 amide bonds. The lowest BCUT2D eigenvalue weighted by atomic mass is 10.2. The molecule has 0 radical (unpaired) electrons. The van der Waals surface area contributed by atoms with Gasteiger partial charge in [-0.1, -0.05) is 0 Å². The number of azo groups is 1. The zero-order valence-electron chi connectivity index (χ0n) is 28.8. The van der Waals surface area contributed by atoms with Crippen molar-refractivity contribution in [2.45, 2.75) is 6.42 Å². The number of quaternary nitrogens is 1. The van der Waals surface area contributed by atoms with Crippen molar-refractivity contribution in [2.24, 2.45) is 10.2 Å². The van der Waals surface area contributed by atoms with E-state index < -0.39 is 0 Å². The van der Waals surface area contributed by atoms with E-state index in [1.807, 2.05) is 81.6 Å². The zero-order valence-corrected chi connectivity index (χ0v) is 30.5. The van der Waals surface area contributed by atoms with Crippen LogP contribution in [0.2, 0.25) is 0 Å². The highest BCUT2D eigenvalue weighted by Crippen LogP contribution is 2.22. The third kappa shape index (κ3) is 12.4. The van der Waals surface area contributed by atoms with Crippen molar-refractivity contribution >= 4 is 67.7 Å². The first-order valence-corrected chi connectivity index (χ1v) is 18.5. The van der Waals surface area contributed by atoms with E-state index in [0.29, 0.717) is 36.7 Å². The fourth-order valence-electron chi connectivity index (χ4n) is 4.50. The maximum absolute atomic E-state index is 12.8. The molecule has 49 heavy (non-hydrogen) atoms. The van der Waals surface area contributed by atoms with E-state index >= 15 is 0 Å². The van der Waals surface area contributed by atoms with E-state index in [0.717, 1.165) is 45.7 Å². The fraction of sp³-hybridized carbons (Fsp3) is 0.278. The maximum atomic E-state index is 12.8. The third-order valence-electron chi connectivity index (χ3n) is 7.45. The van der Waals surface area contributed by atoms with Crippen molar-refractivity contribution in [3.05, 3.63) is 108 Å². The Kier molecular flexibility index (Phi) is 14.8. The normalized spacial score (nSPS) is 11.0. The molecule has 11 nitrogen and oxygen atoms in total. The predicted molar refractivity (Wildman–Crippen MR) is 207 cm³/mol. The minimum atomic E-state index is -0.0802. The lowest BCUT2D eigenvalue weighted by molar-refractivity contribution is -0.565. The molecular weight excluding hydrogens is 655 g/mol. The smallest absolute Gasteiger partial charge is 0.254 e.